The highest BCUT2D eigenvalue weighted by Crippen LogP contribution is 2.43. The number of amides is 4. The largest absolute Gasteiger partial charge is 0.508 e. The summed E-state index contributed by atoms with van der Waals surface area (Å²) in [5.74, 6) is -2.83. The fraction of sp³-hybridized carbons (Fsp3) is 0.500. The molecule has 2 aromatic heterocycles. The van der Waals surface area contributed by atoms with Crippen molar-refractivity contribution in [3.8, 4) is 28.1 Å². The number of carbonyl (C=O) groups excluding carboxylic acids is 5. The molecule has 356 valence electrons. The van der Waals surface area contributed by atoms with Crippen LogP contribution in [-0.4, -0.2) is 117 Å². The molecule has 6 heterocycles. The van der Waals surface area contributed by atoms with Gasteiger partial charge in [-0.05, 0) is 116 Å². The second-order valence-corrected chi connectivity index (χ2v) is 19.8. The van der Waals surface area contributed by atoms with Crippen LogP contribution in [0.5, 0.6) is 5.75 Å². The summed E-state index contributed by atoms with van der Waals surface area (Å²) in [5, 5.41) is 16.8. The van der Waals surface area contributed by atoms with Crippen molar-refractivity contribution in [1.29, 1.82) is 0 Å². The molecule has 6 bridgehead atoms. The molecule has 0 aliphatic carbocycles. The van der Waals surface area contributed by atoms with E-state index in [4.69, 9.17) is 14.5 Å². The van der Waals surface area contributed by atoms with Crippen molar-refractivity contribution in [1.82, 2.24) is 35.1 Å². The number of carbonyl (C=O) groups is 5. The van der Waals surface area contributed by atoms with Crippen LogP contribution in [0, 0.1) is 17.3 Å². The zero-order valence-electron chi connectivity index (χ0n) is 39.7. The third-order valence-corrected chi connectivity index (χ3v) is 13.9. The van der Waals surface area contributed by atoms with Gasteiger partial charge in [0.15, 0.2) is 0 Å². The van der Waals surface area contributed by atoms with Gasteiger partial charge in [-0.3, -0.25) is 34.0 Å². The Morgan fingerprint density at radius 2 is 1.87 bits per heavy atom. The van der Waals surface area contributed by atoms with Gasteiger partial charge in [0.1, 0.15) is 30.0 Å². The normalized spacial score (nSPS) is 22.6. The minimum atomic E-state index is -1.16. The van der Waals surface area contributed by atoms with Gasteiger partial charge in [0.2, 0.25) is 17.7 Å². The van der Waals surface area contributed by atoms with Gasteiger partial charge in [0.25, 0.3) is 5.91 Å². The van der Waals surface area contributed by atoms with E-state index in [0.717, 1.165) is 57.4 Å². The molecule has 0 unspecified atom stereocenters. The number of nitrogens with one attached hydrogen (secondary N) is 2. The van der Waals surface area contributed by atoms with Crippen LogP contribution in [0.3, 0.4) is 0 Å². The molecule has 8 rings (SSSR count). The van der Waals surface area contributed by atoms with Crippen molar-refractivity contribution >= 4 is 40.5 Å². The Kier molecular flexibility index (Phi) is 13.9. The lowest BCUT2D eigenvalue weighted by Crippen LogP contribution is -2.62. The Labute approximate surface area is 392 Å². The van der Waals surface area contributed by atoms with Gasteiger partial charge in [-0.15, -0.1) is 0 Å². The van der Waals surface area contributed by atoms with E-state index in [1.165, 1.54) is 16.0 Å². The molecule has 0 spiro atoms. The number of phenols is 1. The van der Waals surface area contributed by atoms with Crippen molar-refractivity contribution in [2.75, 3.05) is 39.9 Å². The smallest absolute Gasteiger partial charge is 0.324 e. The molecule has 3 N–H and O–H groups in total. The van der Waals surface area contributed by atoms with Crippen LogP contribution in [0.1, 0.15) is 89.6 Å². The quantitative estimate of drug-likeness (QED) is 0.131. The van der Waals surface area contributed by atoms with Gasteiger partial charge < -0.3 is 34.3 Å². The number of fused-ring (bicyclic) bond motifs is 6. The van der Waals surface area contributed by atoms with E-state index in [1.807, 2.05) is 38.2 Å². The first-order chi connectivity index (χ1) is 32.1. The highest BCUT2D eigenvalue weighted by atomic mass is 16.5. The number of hydrogen-bond acceptors (Lipinski definition) is 10. The van der Waals surface area contributed by atoms with Crippen LogP contribution >= 0.6 is 0 Å². The Bertz CT molecular complexity index is 2560. The number of cyclic esters (lactones) is 1. The molecule has 4 aliphatic rings. The molecule has 4 amide bonds. The van der Waals surface area contributed by atoms with E-state index in [0.29, 0.717) is 50.9 Å². The highest BCUT2D eigenvalue weighted by molar-refractivity contribution is 5.96. The van der Waals surface area contributed by atoms with Crippen LogP contribution < -0.4 is 10.7 Å². The van der Waals surface area contributed by atoms with Gasteiger partial charge in [-0.1, -0.05) is 46.4 Å². The Hall–Kier alpha value is -6.06. The van der Waals surface area contributed by atoms with Crippen LogP contribution in [0.15, 0.2) is 67.4 Å². The van der Waals surface area contributed by atoms with Gasteiger partial charge >= 0.3 is 5.97 Å². The number of phenolic OH excluding ortho intramolecular Hbond substituents is 1. The van der Waals surface area contributed by atoms with Crippen LogP contribution in [0.4, 0.5) is 0 Å². The summed E-state index contributed by atoms with van der Waals surface area (Å²) < 4.78 is 14.7. The molecule has 0 saturated carbocycles. The molecule has 15 heteroatoms. The van der Waals surface area contributed by atoms with E-state index in [-0.39, 0.29) is 55.7 Å². The second-order valence-electron chi connectivity index (χ2n) is 19.8. The number of hydrazine groups is 1. The first-order valence-corrected chi connectivity index (χ1v) is 23.8. The number of esters is 1. The summed E-state index contributed by atoms with van der Waals surface area (Å²) >= 11 is 0. The summed E-state index contributed by atoms with van der Waals surface area (Å²) in [5.41, 5.74) is 9.82. The minimum Gasteiger partial charge on any atom is -0.508 e. The van der Waals surface area contributed by atoms with Crippen molar-refractivity contribution in [2.24, 2.45) is 17.3 Å². The number of likely N-dealkylation sites (N-methyl/N-ethyl adjacent to an activating group) is 1. The summed E-state index contributed by atoms with van der Waals surface area (Å²) in [6.45, 7) is 16.0. The van der Waals surface area contributed by atoms with Gasteiger partial charge in [-0.25, -0.2) is 5.43 Å². The number of rotatable bonds is 9. The molecular formula is C52H65N7O8. The highest BCUT2D eigenvalue weighted by Gasteiger charge is 2.40. The molecule has 3 fully saturated rings. The van der Waals surface area contributed by atoms with E-state index in [9.17, 15) is 29.1 Å². The lowest BCUT2D eigenvalue weighted by atomic mass is 9.84. The average Bonchev–Trinajstić information content (AvgIpc) is 4.10. The summed E-state index contributed by atoms with van der Waals surface area (Å²) in [4.78, 5) is 77.4. The molecule has 67 heavy (non-hydrogen) atoms. The maximum Gasteiger partial charge on any atom is 0.324 e. The lowest BCUT2D eigenvalue weighted by molar-refractivity contribution is -0.155. The molecule has 3 saturated heterocycles. The van der Waals surface area contributed by atoms with E-state index in [1.54, 1.807) is 24.1 Å². The average molecular weight is 916 g/mol. The summed E-state index contributed by atoms with van der Waals surface area (Å²) in [6, 6.07) is 12.7. The van der Waals surface area contributed by atoms with Crippen molar-refractivity contribution < 1.29 is 38.6 Å². The number of pyridine rings is 1. The molecule has 15 nitrogen and oxygen atoms in total. The molecule has 4 aromatic rings. The topological polar surface area (TPSA) is 176 Å². The number of ether oxygens (including phenoxy) is 2. The number of likely N-dealkylation sites (tertiary alicyclic amines) is 1. The fourth-order valence-electron chi connectivity index (χ4n) is 10.6. The van der Waals surface area contributed by atoms with Crippen LogP contribution in [-0.2, 0) is 52.8 Å². The fourth-order valence-corrected chi connectivity index (χ4v) is 10.6. The predicted octanol–water partition coefficient (Wildman–Crippen LogP) is 6.11. The number of aromatic nitrogens is 2. The number of nitrogens with zero attached hydrogens (tertiary/aromatic N) is 5. The number of benzene rings is 2. The standard InChI is InChI=1S/C52H65N7O8/c1-8-44(61)57-21-18-34(29-57)49(63)56(7)46(31(3)4)48(62)54-41-25-32-23-35(26-36(60)24-32)33-16-17-42-38(27-33)39(28-52(5,6)30-67-51(65)40-14-11-20-59(55-40)50(41)64)47(58(42)9-2)37-13-10-19-53-45(37)43-15-12-22-66-43/h8,10,13,16-17,19,23-24,26-27,31,34,40-41,43,46,55,60H,1,9,11-12,14-15,18,20-22,25,28-30H2,2-7H3,(H,54,62)/t34-,40-,41-,43-,46-/m0/s1. The van der Waals surface area contributed by atoms with Gasteiger partial charge in [0.05, 0.1) is 23.9 Å². The molecule has 2 aromatic carbocycles. The summed E-state index contributed by atoms with van der Waals surface area (Å²) in [7, 11) is 1.58. The molecule has 0 radical (unpaired) electrons. The SMILES string of the molecule is C=CC(=O)N1CC[C@H](C(=O)N(C)[C@H](C(=O)N[C@H]2Cc3cc(O)cc(c3)-c3ccc4c(c3)c(c(-c3cccnc3[C@@H]3CCCO3)n4CC)CC(C)(C)COC(=O)[C@@H]3CCCN(N3)C2=O)C(C)C)C1. The monoisotopic (exact) mass is 915 g/mol. The number of hydrogen-bond donors (Lipinski definition) is 3. The van der Waals surface area contributed by atoms with Gasteiger partial charge in [-0.2, -0.15) is 0 Å². The zero-order chi connectivity index (χ0) is 47.7. The molecule has 4 aliphatic heterocycles. The van der Waals surface area contributed by atoms with Crippen LogP contribution in [0.2, 0.25) is 0 Å². The van der Waals surface area contributed by atoms with E-state index in [2.05, 4.69) is 60.9 Å². The summed E-state index contributed by atoms with van der Waals surface area (Å²) in [6.07, 6.45) is 6.74. The zero-order valence-corrected chi connectivity index (χ0v) is 39.7. The minimum absolute atomic E-state index is 0.00546. The van der Waals surface area contributed by atoms with Crippen LogP contribution in [0.25, 0.3) is 33.3 Å². The number of aryl methyl sites for hydroxylation is 1. The third kappa shape index (κ3) is 9.85. The second kappa shape index (κ2) is 19.7. The van der Waals surface area contributed by atoms with E-state index < -0.39 is 47.2 Å². The van der Waals surface area contributed by atoms with E-state index >= 15 is 0 Å². The third-order valence-electron chi connectivity index (χ3n) is 13.9. The van der Waals surface area contributed by atoms with Crippen molar-refractivity contribution in [2.45, 2.75) is 110 Å². The Morgan fingerprint density at radius 3 is 2.60 bits per heavy atom. The first kappa shape index (κ1) is 47.4. The Balaban J connectivity index is 1.20. The van der Waals surface area contributed by atoms with Crippen molar-refractivity contribution in [3.05, 3.63) is 84.2 Å². The number of aromatic hydroxyl groups is 1. The van der Waals surface area contributed by atoms with Crippen molar-refractivity contribution in [3.63, 3.8) is 0 Å². The Morgan fingerprint density at radius 1 is 1.06 bits per heavy atom. The predicted molar refractivity (Wildman–Crippen MR) is 254 cm³/mol. The maximum absolute atomic E-state index is 14.7. The van der Waals surface area contributed by atoms with Gasteiger partial charge in [0, 0.05) is 74.3 Å². The molecule has 5 atom stereocenters. The first-order valence-electron chi connectivity index (χ1n) is 23.8. The maximum atomic E-state index is 14.7. The lowest BCUT2D eigenvalue weighted by Gasteiger charge is -2.37. The molecular weight excluding hydrogens is 851 g/mol.